The molecule has 0 aliphatic rings. The van der Waals surface area contributed by atoms with E-state index in [0.717, 1.165) is 11.8 Å². The molecular weight excluding hydrogens is 484 g/mol. The Hall–Kier alpha value is -3.08. The van der Waals surface area contributed by atoms with Crippen LogP contribution in [0.5, 0.6) is 0 Å². The number of para-hydroxylation sites is 1. The third-order valence-corrected chi connectivity index (χ3v) is 7.40. The number of benzene rings is 2. The van der Waals surface area contributed by atoms with E-state index in [1.165, 1.54) is 28.2 Å². The minimum Gasteiger partial charge on any atom is -0.476 e. The summed E-state index contributed by atoms with van der Waals surface area (Å²) in [6, 6.07) is 13.9. The Morgan fingerprint density at radius 1 is 1.09 bits per heavy atom. The van der Waals surface area contributed by atoms with Crippen LogP contribution in [-0.2, 0) is 9.84 Å². The molecule has 0 atom stereocenters. The highest BCUT2D eigenvalue weighted by Crippen LogP contribution is 2.38. The van der Waals surface area contributed by atoms with Crippen molar-refractivity contribution in [2.45, 2.75) is 24.7 Å². The molecule has 0 amide bonds. The van der Waals surface area contributed by atoms with Gasteiger partial charge in [0.05, 0.1) is 10.6 Å². The molecule has 4 aromatic rings. The SMILES string of the molecule is CC(C)c1ccccc1-n1nc(C(=O)O)c(Cl)c1-c1nnc(-c2cccc(S(C)(=O)=O)c2)s1. The summed E-state index contributed by atoms with van der Waals surface area (Å²) >= 11 is 7.64. The summed E-state index contributed by atoms with van der Waals surface area (Å²) in [5.74, 6) is -1.11. The fourth-order valence-electron chi connectivity index (χ4n) is 3.36. The van der Waals surface area contributed by atoms with Gasteiger partial charge in [0.2, 0.25) is 0 Å². The number of rotatable bonds is 6. The molecule has 2 aromatic carbocycles. The van der Waals surface area contributed by atoms with Crippen molar-refractivity contribution in [3.8, 4) is 27.0 Å². The summed E-state index contributed by atoms with van der Waals surface area (Å²) in [6.07, 6.45) is 1.13. The number of aromatic carboxylic acids is 1. The number of sulfone groups is 1. The van der Waals surface area contributed by atoms with Gasteiger partial charge in [-0.25, -0.2) is 17.9 Å². The van der Waals surface area contributed by atoms with E-state index in [0.29, 0.717) is 27.0 Å². The lowest BCUT2D eigenvalue weighted by Gasteiger charge is -2.14. The van der Waals surface area contributed by atoms with Gasteiger partial charge in [0, 0.05) is 11.8 Å². The van der Waals surface area contributed by atoms with Gasteiger partial charge in [-0.1, -0.05) is 67.1 Å². The second kappa shape index (κ2) is 8.69. The number of carbonyl (C=O) groups is 1. The minimum absolute atomic E-state index is 0.0476. The largest absolute Gasteiger partial charge is 0.476 e. The van der Waals surface area contributed by atoms with Crippen LogP contribution in [0, 0.1) is 0 Å². The van der Waals surface area contributed by atoms with Gasteiger partial charge in [-0.3, -0.25) is 0 Å². The van der Waals surface area contributed by atoms with Crippen molar-refractivity contribution in [2.24, 2.45) is 0 Å². The molecular formula is C22H19ClN4O4S2. The first-order chi connectivity index (χ1) is 15.6. The average molecular weight is 503 g/mol. The topological polar surface area (TPSA) is 115 Å². The lowest BCUT2D eigenvalue weighted by atomic mass is 10.0. The minimum atomic E-state index is -3.39. The molecule has 2 heterocycles. The molecule has 11 heteroatoms. The second-order valence-corrected chi connectivity index (χ2v) is 11.0. The van der Waals surface area contributed by atoms with Gasteiger partial charge in [-0.15, -0.1) is 10.2 Å². The smallest absolute Gasteiger partial charge is 0.358 e. The molecule has 0 saturated carbocycles. The number of carboxylic acids is 1. The van der Waals surface area contributed by atoms with E-state index in [4.69, 9.17) is 11.6 Å². The molecule has 0 aliphatic carbocycles. The monoisotopic (exact) mass is 502 g/mol. The number of nitrogens with zero attached hydrogens (tertiary/aromatic N) is 4. The fraction of sp³-hybridized carbons (Fsp3) is 0.182. The van der Waals surface area contributed by atoms with Crippen molar-refractivity contribution in [1.82, 2.24) is 20.0 Å². The average Bonchev–Trinajstić information content (AvgIpc) is 3.37. The third-order valence-electron chi connectivity index (χ3n) is 4.95. The third kappa shape index (κ3) is 4.41. The van der Waals surface area contributed by atoms with E-state index in [1.807, 2.05) is 38.1 Å². The van der Waals surface area contributed by atoms with Crippen molar-refractivity contribution in [3.63, 3.8) is 0 Å². The zero-order chi connectivity index (χ0) is 23.9. The number of hydrogen-bond donors (Lipinski definition) is 1. The summed E-state index contributed by atoms with van der Waals surface area (Å²) in [7, 11) is -3.39. The first-order valence-electron chi connectivity index (χ1n) is 9.83. The van der Waals surface area contributed by atoms with Gasteiger partial charge >= 0.3 is 5.97 Å². The molecule has 0 aliphatic heterocycles. The van der Waals surface area contributed by atoms with E-state index in [1.54, 1.807) is 12.1 Å². The molecule has 8 nitrogen and oxygen atoms in total. The Balaban J connectivity index is 1.90. The maximum Gasteiger partial charge on any atom is 0.358 e. The highest BCUT2D eigenvalue weighted by atomic mass is 35.5. The Morgan fingerprint density at radius 2 is 1.79 bits per heavy atom. The van der Waals surface area contributed by atoms with Gasteiger partial charge in [-0.2, -0.15) is 5.10 Å². The molecule has 0 radical (unpaired) electrons. The molecule has 2 aromatic heterocycles. The van der Waals surface area contributed by atoms with Crippen molar-refractivity contribution in [2.75, 3.05) is 6.26 Å². The standard InChI is InChI=1S/C22H19ClN4O4S2/c1-12(2)15-9-4-5-10-16(15)27-19(17(23)18(26-27)22(28)29)21-25-24-20(32-21)13-7-6-8-14(11-13)33(3,30)31/h4-12H,1-3H3,(H,28,29). The maximum absolute atomic E-state index is 11.9. The zero-order valence-corrected chi connectivity index (χ0v) is 20.2. The van der Waals surface area contributed by atoms with Crippen LogP contribution in [0.3, 0.4) is 0 Å². The highest BCUT2D eigenvalue weighted by molar-refractivity contribution is 7.90. The molecule has 170 valence electrons. The van der Waals surface area contributed by atoms with E-state index in [2.05, 4.69) is 15.3 Å². The summed E-state index contributed by atoms with van der Waals surface area (Å²) in [5.41, 5.74) is 2.24. The van der Waals surface area contributed by atoms with Crippen LogP contribution >= 0.6 is 22.9 Å². The first-order valence-corrected chi connectivity index (χ1v) is 12.9. The van der Waals surface area contributed by atoms with Gasteiger partial charge < -0.3 is 5.11 Å². The number of hydrogen-bond acceptors (Lipinski definition) is 7. The Kier molecular flexibility index (Phi) is 6.08. The summed E-state index contributed by atoms with van der Waals surface area (Å²) in [6.45, 7) is 4.05. The van der Waals surface area contributed by atoms with E-state index >= 15 is 0 Å². The van der Waals surface area contributed by atoms with Crippen LogP contribution in [0.1, 0.15) is 35.8 Å². The van der Waals surface area contributed by atoms with Crippen LogP contribution in [0.2, 0.25) is 5.02 Å². The van der Waals surface area contributed by atoms with E-state index in [9.17, 15) is 18.3 Å². The lowest BCUT2D eigenvalue weighted by molar-refractivity contribution is 0.0690. The number of carboxylic acid groups (broad SMARTS) is 1. The highest BCUT2D eigenvalue weighted by Gasteiger charge is 2.27. The second-order valence-electron chi connectivity index (χ2n) is 7.65. The maximum atomic E-state index is 11.9. The quantitative estimate of drug-likeness (QED) is 0.397. The van der Waals surface area contributed by atoms with Crippen LogP contribution in [0.15, 0.2) is 53.4 Å². The zero-order valence-electron chi connectivity index (χ0n) is 17.9. The van der Waals surface area contributed by atoms with Gasteiger partial charge in [0.25, 0.3) is 0 Å². The summed E-state index contributed by atoms with van der Waals surface area (Å²) < 4.78 is 25.3. The normalized spacial score (nSPS) is 11.8. The van der Waals surface area contributed by atoms with Crippen LogP contribution in [0.4, 0.5) is 0 Å². The van der Waals surface area contributed by atoms with Crippen LogP contribution < -0.4 is 0 Å². The summed E-state index contributed by atoms with van der Waals surface area (Å²) in [4.78, 5) is 11.9. The van der Waals surface area contributed by atoms with Crippen molar-refractivity contribution in [3.05, 3.63) is 64.8 Å². The fourth-order valence-corrected chi connectivity index (χ4v) is 5.25. The van der Waals surface area contributed by atoms with Crippen LogP contribution in [0.25, 0.3) is 27.0 Å². The lowest BCUT2D eigenvalue weighted by Crippen LogP contribution is -2.06. The van der Waals surface area contributed by atoms with Crippen LogP contribution in [-0.4, -0.2) is 45.7 Å². The molecule has 0 fully saturated rings. The predicted molar refractivity (Wildman–Crippen MR) is 127 cm³/mol. The van der Waals surface area contributed by atoms with Crippen molar-refractivity contribution >= 4 is 38.7 Å². The number of aromatic nitrogens is 4. The van der Waals surface area contributed by atoms with Crippen molar-refractivity contribution < 1.29 is 18.3 Å². The van der Waals surface area contributed by atoms with Gasteiger partial charge in [-0.05, 0) is 29.7 Å². The van der Waals surface area contributed by atoms with E-state index < -0.39 is 15.8 Å². The first kappa shape index (κ1) is 23.1. The van der Waals surface area contributed by atoms with E-state index in [-0.39, 0.29) is 21.5 Å². The summed E-state index contributed by atoms with van der Waals surface area (Å²) in [5, 5.41) is 23.1. The Labute approximate surface area is 199 Å². The Bertz CT molecular complexity index is 1480. The molecule has 0 bridgehead atoms. The molecule has 0 unspecified atom stereocenters. The predicted octanol–water partition coefficient (Wildman–Crippen LogP) is 4.94. The number of halogens is 1. The molecule has 33 heavy (non-hydrogen) atoms. The van der Waals surface area contributed by atoms with Crippen molar-refractivity contribution in [1.29, 1.82) is 0 Å². The van der Waals surface area contributed by atoms with Gasteiger partial charge in [0.1, 0.15) is 15.7 Å². The molecule has 0 saturated heterocycles. The molecule has 4 rings (SSSR count). The van der Waals surface area contributed by atoms with Gasteiger partial charge in [0.15, 0.2) is 20.5 Å². The molecule has 0 spiro atoms. The molecule has 1 N–H and O–H groups in total. The Morgan fingerprint density at radius 3 is 2.45 bits per heavy atom.